The Morgan fingerprint density at radius 3 is 2.43 bits per heavy atom. The third-order valence-electron chi connectivity index (χ3n) is 0.153. The van der Waals surface area contributed by atoms with E-state index in [0.29, 0.717) is 0 Å². The highest BCUT2D eigenvalue weighted by Crippen LogP contribution is 1.75. The van der Waals surface area contributed by atoms with Gasteiger partial charge in [-0.05, 0) is 12.2 Å². The van der Waals surface area contributed by atoms with Crippen molar-refractivity contribution >= 4 is 28.8 Å². The van der Waals surface area contributed by atoms with Crippen molar-refractivity contribution in [1.29, 1.82) is 0 Å². The summed E-state index contributed by atoms with van der Waals surface area (Å²) in [5, 5.41) is -0.430. The van der Waals surface area contributed by atoms with Gasteiger partial charge >= 0.3 is 11.4 Å². The van der Waals surface area contributed by atoms with Crippen molar-refractivity contribution < 1.29 is 12.9 Å². The summed E-state index contributed by atoms with van der Waals surface area (Å²) in [7, 11) is 0. The molecular formula is CH3NO3S2. The minimum atomic E-state index is -2.36. The quantitative estimate of drug-likeness (QED) is 0.376. The zero-order valence-corrected chi connectivity index (χ0v) is 4.79. The van der Waals surface area contributed by atoms with Crippen LogP contribution in [0.4, 0.5) is 0 Å². The van der Waals surface area contributed by atoms with Crippen molar-refractivity contribution in [3.05, 3.63) is 0 Å². The van der Waals surface area contributed by atoms with Gasteiger partial charge in [0, 0.05) is 0 Å². The van der Waals surface area contributed by atoms with Crippen LogP contribution in [0.15, 0.2) is 0 Å². The molecule has 7 heavy (non-hydrogen) atoms. The molecular weight excluding hydrogens is 138 g/mol. The molecule has 0 saturated carbocycles. The molecule has 0 amide bonds. The van der Waals surface area contributed by atoms with Gasteiger partial charge in [-0.25, -0.2) is 0 Å². The molecule has 0 radical (unpaired) electrons. The van der Waals surface area contributed by atoms with Crippen LogP contribution >= 0.6 is 12.2 Å². The van der Waals surface area contributed by atoms with Crippen LogP contribution in [0.5, 0.6) is 0 Å². The Hall–Kier alpha value is -0.200. The molecule has 0 fully saturated rings. The van der Waals surface area contributed by atoms with Crippen molar-refractivity contribution in [2.24, 2.45) is 5.73 Å². The molecule has 0 heterocycles. The maximum absolute atomic E-state index is 9.53. The van der Waals surface area contributed by atoms with E-state index in [1.165, 1.54) is 0 Å². The fraction of sp³-hybridized carbons (Fsp3) is 0. The molecule has 0 aliphatic rings. The second kappa shape index (κ2) is 2.89. The first-order valence-electron chi connectivity index (χ1n) is 1.21. The highest BCUT2D eigenvalue weighted by molar-refractivity contribution is 7.82. The third kappa shape index (κ3) is 5.80. The van der Waals surface area contributed by atoms with Crippen LogP contribution in [0.2, 0.25) is 0 Å². The minimum Gasteiger partial charge on any atom is -0.359 e. The van der Waals surface area contributed by atoms with E-state index in [0.717, 1.165) is 0 Å². The number of rotatable bonds is 1. The predicted molar refractivity (Wildman–Crippen MR) is 28.6 cm³/mol. The van der Waals surface area contributed by atoms with Gasteiger partial charge in [0.2, 0.25) is 0 Å². The van der Waals surface area contributed by atoms with E-state index in [1.54, 1.807) is 0 Å². The monoisotopic (exact) mass is 141 g/mol. The fourth-order valence-corrected chi connectivity index (χ4v) is 0.385. The highest BCUT2D eigenvalue weighted by atomic mass is 32.2. The van der Waals surface area contributed by atoms with Crippen LogP contribution < -0.4 is 5.73 Å². The predicted octanol–water partition coefficient (Wildman–Crippen LogP) is -0.617. The summed E-state index contributed by atoms with van der Waals surface area (Å²) in [4.78, 5) is 0. The summed E-state index contributed by atoms with van der Waals surface area (Å²) >= 11 is 1.71. The summed E-state index contributed by atoms with van der Waals surface area (Å²) in [5.74, 6) is 0. The molecule has 0 aliphatic heterocycles. The van der Waals surface area contributed by atoms with Crippen LogP contribution in [0, 0.1) is 0 Å². The van der Waals surface area contributed by atoms with Crippen molar-refractivity contribution in [1.82, 2.24) is 0 Å². The standard InChI is InChI=1S/CH3NO3S2/c2-1(6)5-7(3)4/h(H2,2,6)(H,3,4). The van der Waals surface area contributed by atoms with Crippen LogP contribution in [-0.4, -0.2) is 13.9 Å². The maximum Gasteiger partial charge on any atom is 0.359 e. The zero-order valence-electron chi connectivity index (χ0n) is 3.16. The number of hydrogen-bond acceptors (Lipinski definition) is 3. The molecule has 0 aromatic rings. The molecule has 0 rings (SSSR count). The number of nitrogens with two attached hydrogens (primary N) is 1. The number of hydrogen-bond donors (Lipinski definition) is 2. The molecule has 4 nitrogen and oxygen atoms in total. The summed E-state index contributed by atoms with van der Waals surface area (Å²) < 4.78 is 21.1. The van der Waals surface area contributed by atoms with Gasteiger partial charge in [-0.1, -0.05) is 0 Å². The summed E-state index contributed by atoms with van der Waals surface area (Å²) in [6.45, 7) is 0. The van der Waals surface area contributed by atoms with E-state index < -0.39 is 16.5 Å². The lowest BCUT2D eigenvalue weighted by Gasteiger charge is -1.89. The maximum atomic E-state index is 9.53. The second-order valence-electron chi connectivity index (χ2n) is 0.619. The van der Waals surface area contributed by atoms with E-state index in [2.05, 4.69) is 22.1 Å². The normalized spacial score (nSPS) is 12.7. The lowest BCUT2D eigenvalue weighted by molar-refractivity contribution is 0.456. The van der Waals surface area contributed by atoms with Gasteiger partial charge in [-0.3, -0.25) is 4.55 Å². The molecule has 0 aromatic carbocycles. The topological polar surface area (TPSA) is 72.5 Å². The molecule has 0 aromatic heterocycles. The smallest absolute Gasteiger partial charge is 0.359 e. The second-order valence-corrected chi connectivity index (χ2v) is 1.62. The average Bonchev–Trinajstić information content (AvgIpc) is 1.27. The SMILES string of the molecule is NC(=S)OS(=O)O. The van der Waals surface area contributed by atoms with Crippen LogP contribution in [0.25, 0.3) is 0 Å². The van der Waals surface area contributed by atoms with Crippen LogP contribution in [-0.2, 0) is 15.5 Å². The Kier molecular flexibility index (Phi) is 2.81. The molecule has 0 bridgehead atoms. The number of thiocarbonyl (C=S) groups is 1. The Balaban J connectivity index is 3.32. The van der Waals surface area contributed by atoms with E-state index in [1.807, 2.05) is 0 Å². The van der Waals surface area contributed by atoms with Crippen LogP contribution in [0.1, 0.15) is 0 Å². The highest BCUT2D eigenvalue weighted by Gasteiger charge is 1.91. The zero-order chi connectivity index (χ0) is 5.86. The first-order valence-corrected chi connectivity index (χ1v) is 2.65. The Morgan fingerprint density at radius 2 is 2.43 bits per heavy atom. The van der Waals surface area contributed by atoms with Gasteiger partial charge in [0.25, 0.3) is 5.17 Å². The lowest BCUT2D eigenvalue weighted by atomic mass is 11.4. The Bertz CT molecular complexity index is 89.1. The van der Waals surface area contributed by atoms with Gasteiger partial charge in [0.05, 0.1) is 0 Å². The van der Waals surface area contributed by atoms with Gasteiger partial charge in [-0.2, -0.15) is 4.21 Å². The van der Waals surface area contributed by atoms with Gasteiger partial charge in [0.15, 0.2) is 0 Å². The van der Waals surface area contributed by atoms with Crippen molar-refractivity contribution in [2.75, 3.05) is 0 Å². The Morgan fingerprint density at radius 1 is 2.00 bits per heavy atom. The van der Waals surface area contributed by atoms with Crippen molar-refractivity contribution in [2.45, 2.75) is 0 Å². The summed E-state index contributed by atoms with van der Waals surface area (Å²) in [6, 6.07) is 0. The molecule has 42 valence electrons. The van der Waals surface area contributed by atoms with Gasteiger partial charge in [0.1, 0.15) is 0 Å². The average molecular weight is 141 g/mol. The summed E-state index contributed by atoms with van der Waals surface area (Å²) in [6.07, 6.45) is 0. The molecule has 0 saturated heterocycles. The Labute approximate surface area is 48.1 Å². The molecule has 3 N–H and O–H groups in total. The third-order valence-corrected chi connectivity index (χ3v) is 0.664. The minimum absolute atomic E-state index is 0.430. The van der Waals surface area contributed by atoms with Crippen LogP contribution in [0.3, 0.4) is 0 Å². The first-order chi connectivity index (χ1) is 3.13. The lowest BCUT2D eigenvalue weighted by Crippen LogP contribution is -2.13. The molecule has 1 unspecified atom stereocenters. The fourth-order valence-electron chi connectivity index (χ4n) is 0.0703. The van der Waals surface area contributed by atoms with Gasteiger partial charge < -0.3 is 9.92 Å². The molecule has 6 heteroatoms. The first kappa shape index (κ1) is 6.80. The molecule has 1 atom stereocenters. The summed E-state index contributed by atoms with van der Waals surface area (Å²) in [5.41, 5.74) is 4.65. The van der Waals surface area contributed by atoms with E-state index in [4.69, 9.17) is 4.55 Å². The van der Waals surface area contributed by atoms with Gasteiger partial charge in [-0.15, -0.1) is 0 Å². The molecule has 0 spiro atoms. The van der Waals surface area contributed by atoms with Crippen molar-refractivity contribution in [3.8, 4) is 0 Å². The van der Waals surface area contributed by atoms with E-state index >= 15 is 0 Å². The van der Waals surface area contributed by atoms with Crippen molar-refractivity contribution in [3.63, 3.8) is 0 Å². The van der Waals surface area contributed by atoms with E-state index in [-0.39, 0.29) is 0 Å². The van der Waals surface area contributed by atoms with E-state index in [9.17, 15) is 4.21 Å². The molecule has 0 aliphatic carbocycles. The largest absolute Gasteiger partial charge is 0.359 e.